The number of halogens is 1. The highest BCUT2D eigenvalue weighted by Gasteiger charge is 2.05. The first-order chi connectivity index (χ1) is 5.11. The van der Waals surface area contributed by atoms with Crippen LogP contribution in [0.1, 0.15) is 10.4 Å². The molecule has 0 saturated heterocycles. The summed E-state index contributed by atoms with van der Waals surface area (Å²) in [5.41, 5.74) is 11.5. The molecule has 0 aliphatic heterocycles. The van der Waals surface area contributed by atoms with Gasteiger partial charge < -0.3 is 16.6 Å². The van der Waals surface area contributed by atoms with Gasteiger partial charge in [0.15, 0.2) is 0 Å². The molecule has 0 heterocycles. The molecule has 66 valence electrons. The van der Waals surface area contributed by atoms with Gasteiger partial charge >= 0.3 is 5.97 Å². The van der Waals surface area contributed by atoms with Gasteiger partial charge in [0, 0.05) is 11.4 Å². The van der Waals surface area contributed by atoms with Crippen molar-refractivity contribution in [3.05, 3.63) is 23.8 Å². The zero-order valence-electron chi connectivity index (χ0n) is 6.15. The standard InChI is InChI=1S/C7H8N2O2.ClH/c8-4-1-2-5(7(10)11)6(9)3-4;/h1-3H,8-9H2,(H,10,11);1H. The monoisotopic (exact) mass is 188 g/mol. The molecule has 0 atom stereocenters. The van der Waals surface area contributed by atoms with Gasteiger partial charge in [0.05, 0.1) is 5.56 Å². The fraction of sp³-hybridized carbons (Fsp3) is 0. The van der Waals surface area contributed by atoms with Gasteiger partial charge in [0.2, 0.25) is 0 Å². The smallest absolute Gasteiger partial charge is 0.337 e. The summed E-state index contributed by atoms with van der Waals surface area (Å²) < 4.78 is 0. The van der Waals surface area contributed by atoms with E-state index in [-0.39, 0.29) is 23.7 Å². The predicted octanol–water partition coefficient (Wildman–Crippen LogP) is 0.971. The minimum Gasteiger partial charge on any atom is -0.478 e. The van der Waals surface area contributed by atoms with Crippen molar-refractivity contribution in [3.8, 4) is 0 Å². The lowest BCUT2D eigenvalue weighted by Crippen LogP contribution is -2.02. The number of nitrogen functional groups attached to an aromatic ring is 2. The van der Waals surface area contributed by atoms with E-state index in [2.05, 4.69) is 0 Å². The number of benzene rings is 1. The third-order valence-corrected chi connectivity index (χ3v) is 1.31. The van der Waals surface area contributed by atoms with E-state index in [1.165, 1.54) is 18.2 Å². The van der Waals surface area contributed by atoms with E-state index in [1.807, 2.05) is 0 Å². The number of carboxylic acids is 1. The van der Waals surface area contributed by atoms with Gasteiger partial charge in [-0.2, -0.15) is 0 Å². The molecule has 1 rings (SSSR count). The molecule has 0 unspecified atom stereocenters. The van der Waals surface area contributed by atoms with Crippen molar-refractivity contribution < 1.29 is 9.90 Å². The third kappa shape index (κ3) is 2.03. The average molecular weight is 189 g/mol. The van der Waals surface area contributed by atoms with Crippen LogP contribution in [-0.2, 0) is 0 Å². The van der Waals surface area contributed by atoms with E-state index in [0.717, 1.165) is 0 Å². The minimum absolute atomic E-state index is 0. The van der Waals surface area contributed by atoms with Gasteiger partial charge in [-0.3, -0.25) is 0 Å². The summed E-state index contributed by atoms with van der Waals surface area (Å²) in [6.07, 6.45) is 0. The molecule has 12 heavy (non-hydrogen) atoms. The Morgan fingerprint density at radius 3 is 2.33 bits per heavy atom. The number of hydrogen-bond acceptors (Lipinski definition) is 3. The Kier molecular flexibility index (Phi) is 3.37. The molecule has 5 heteroatoms. The highest BCUT2D eigenvalue weighted by Crippen LogP contribution is 2.14. The van der Waals surface area contributed by atoms with Crippen molar-refractivity contribution in [3.63, 3.8) is 0 Å². The summed E-state index contributed by atoms with van der Waals surface area (Å²) in [6.45, 7) is 0. The fourth-order valence-corrected chi connectivity index (χ4v) is 0.776. The Hall–Kier alpha value is -1.42. The van der Waals surface area contributed by atoms with Gasteiger partial charge in [-0.1, -0.05) is 0 Å². The zero-order chi connectivity index (χ0) is 8.43. The molecule has 4 nitrogen and oxygen atoms in total. The molecular formula is C7H9ClN2O2. The number of hydrogen-bond donors (Lipinski definition) is 3. The predicted molar refractivity (Wildman–Crippen MR) is 49.5 cm³/mol. The van der Waals surface area contributed by atoms with Crippen LogP contribution < -0.4 is 11.5 Å². The van der Waals surface area contributed by atoms with E-state index >= 15 is 0 Å². The Labute approximate surface area is 75.6 Å². The molecule has 1 aromatic carbocycles. The summed E-state index contributed by atoms with van der Waals surface area (Å²) >= 11 is 0. The van der Waals surface area contributed by atoms with Crippen molar-refractivity contribution in [2.45, 2.75) is 0 Å². The molecule has 0 aliphatic carbocycles. The number of carboxylic acid groups (broad SMARTS) is 1. The summed E-state index contributed by atoms with van der Waals surface area (Å²) in [5, 5.41) is 8.54. The maximum absolute atomic E-state index is 10.4. The van der Waals surface area contributed by atoms with Crippen LogP contribution in [0.25, 0.3) is 0 Å². The first-order valence-corrected chi connectivity index (χ1v) is 2.99. The average Bonchev–Trinajstić information content (AvgIpc) is 1.85. The van der Waals surface area contributed by atoms with Gasteiger partial charge in [-0.05, 0) is 18.2 Å². The largest absolute Gasteiger partial charge is 0.478 e. The lowest BCUT2D eigenvalue weighted by Gasteiger charge is -1.99. The van der Waals surface area contributed by atoms with Crippen LogP contribution in [0.5, 0.6) is 0 Å². The lowest BCUT2D eigenvalue weighted by atomic mass is 10.1. The van der Waals surface area contributed by atoms with Crippen LogP contribution in [0.3, 0.4) is 0 Å². The molecule has 0 amide bonds. The van der Waals surface area contributed by atoms with Crippen LogP contribution in [-0.4, -0.2) is 11.1 Å². The molecule has 0 spiro atoms. The quantitative estimate of drug-likeness (QED) is 0.573. The highest BCUT2D eigenvalue weighted by atomic mass is 35.5. The van der Waals surface area contributed by atoms with Crippen molar-refractivity contribution in [1.29, 1.82) is 0 Å². The second kappa shape index (κ2) is 3.82. The van der Waals surface area contributed by atoms with Crippen LogP contribution in [0.2, 0.25) is 0 Å². The summed E-state index contributed by atoms with van der Waals surface area (Å²) in [5.74, 6) is -1.04. The van der Waals surface area contributed by atoms with Gasteiger partial charge in [0.25, 0.3) is 0 Å². The molecule has 0 radical (unpaired) electrons. The highest BCUT2D eigenvalue weighted by molar-refractivity contribution is 5.94. The minimum atomic E-state index is -1.04. The topological polar surface area (TPSA) is 89.3 Å². The van der Waals surface area contributed by atoms with Crippen LogP contribution >= 0.6 is 12.4 Å². The van der Waals surface area contributed by atoms with E-state index in [9.17, 15) is 4.79 Å². The van der Waals surface area contributed by atoms with Gasteiger partial charge in [-0.25, -0.2) is 4.79 Å². The number of anilines is 2. The molecule has 0 saturated carbocycles. The Morgan fingerprint density at radius 1 is 1.33 bits per heavy atom. The first-order valence-electron chi connectivity index (χ1n) is 2.99. The first kappa shape index (κ1) is 10.6. The van der Waals surface area contributed by atoms with Gasteiger partial charge in [-0.15, -0.1) is 12.4 Å². The van der Waals surface area contributed by atoms with E-state index in [4.69, 9.17) is 16.6 Å². The van der Waals surface area contributed by atoms with Crippen LogP contribution in [0.4, 0.5) is 11.4 Å². The van der Waals surface area contributed by atoms with Crippen molar-refractivity contribution >= 4 is 29.8 Å². The summed E-state index contributed by atoms with van der Waals surface area (Å²) in [4.78, 5) is 10.4. The van der Waals surface area contributed by atoms with Crippen molar-refractivity contribution in [2.75, 3.05) is 11.5 Å². The van der Waals surface area contributed by atoms with Gasteiger partial charge in [0.1, 0.15) is 0 Å². The lowest BCUT2D eigenvalue weighted by molar-refractivity contribution is 0.0698. The molecule has 0 bridgehead atoms. The maximum Gasteiger partial charge on any atom is 0.337 e. The van der Waals surface area contributed by atoms with Crippen molar-refractivity contribution in [2.24, 2.45) is 0 Å². The van der Waals surface area contributed by atoms with Crippen LogP contribution in [0, 0.1) is 0 Å². The summed E-state index contributed by atoms with van der Waals surface area (Å²) in [6, 6.07) is 4.30. The zero-order valence-corrected chi connectivity index (χ0v) is 6.97. The normalized spacial score (nSPS) is 8.67. The van der Waals surface area contributed by atoms with E-state index < -0.39 is 5.97 Å². The molecule has 0 fully saturated rings. The molecule has 1 aromatic rings. The van der Waals surface area contributed by atoms with Crippen LogP contribution in [0.15, 0.2) is 18.2 Å². The Balaban J connectivity index is 0.00000121. The Bertz CT molecular complexity index is 301. The second-order valence-electron chi connectivity index (χ2n) is 2.15. The van der Waals surface area contributed by atoms with E-state index in [0.29, 0.717) is 5.69 Å². The van der Waals surface area contributed by atoms with Crippen molar-refractivity contribution in [1.82, 2.24) is 0 Å². The molecule has 0 aromatic heterocycles. The number of aromatic carboxylic acids is 1. The maximum atomic E-state index is 10.4. The second-order valence-corrected chi connectivity index (χ2v) is 2.15. The molecule has 5 N–H and O–H groups in total. The molecular weight excluding hydrogens is 180 g/mol. The third-order valence-electron chi connectivity index (χ3n) is 1.31. The number of rotatable bonds is 1. The molecule has 0 aliphatic rings. The Morgan fingerprint density at radius 2 is 1.92 bits per heavy atom. The number of nitrogens with two attached hydrogens (primary N) is 2. The SMILES string of the molecule is Cl.Nc1ccc(C(=O)O)c(N)c1. The number of carbonyl (C=O) groups is 1. The van der Waals surface area contributed by atoms with E-state index in [1.54, 1.807) is 0 Å². The summed E-state index contributed by atoms with van der Waals surface area (Å²) in [7, 11) is 0. The fourth-order valence-electron chi connectivity index (χ4n) is 0.776.